The number of benzene rings is 2. The zero-order valence-electron chi connectivity index (χ0n) is 9.03. The van der Waals surface area contributed by atoms with Gasteiger partial charge in [0.05, 0.1) is 0 Å². The van der Waals surface area contributed by atoms with E-state index >= 15 is 0 Å². The topological polar surface area (TPSA) is 0 Å². The van der Waals surface area contributed by atoms with Crippen molar-refractivity contribution >= 4 is 28.1 Å². The second-order valence-corrected chi connectivity index (χ2v) is 7.00. The van der Waals surface area contributed by atoms with Gasteiger partial charge in [-0.2, -0.15) is 0 Å². The molecule has 0 nitrogen and oxygen atoms in total. The van der Waals surface area contributed by atoms with Gasteiger partial charge in [-0.25, -0.2) is 0 Å². The van der Waals surface area contributed by atoms with Gasteiger partial charge in [-0.1, -0.05) is 0 Å². The average Bonchev–Trinajstić information content (AvgIpc) is 2.25. The van der Waals surface area contributed by atoms with Crippen LogP contribution in [0.15, 0.2) is 48.5 Å². The summed E-state index contributed by atoms with van der Waals surface area (Å²) >= 11 is -0.183. The Kier molecular flexibility index (Phi) is 3.46. The SMILES string of the molecule is Cc1ccc([Te+]c2ccc(C)cc2)cc1. The standard InChI is InChI=1S/C14H14Te/c1-11-3-7-13(8-4-11)15-14-9-5-12(2)6-10-14/h3-10H,1-2H3/q+1. The molecular weight excluding hydrogens is 296 g/mol. The van der Waals surface area contributed by atoms with Crippen LogP contribution in [0.2, 0.25) is 0 Å². The van der Waals surface area contributed by atoms with Crippen molar-refractivity contribution in [2.45, 2.75) is 13.8 Å². The van der Waals surface area contributed by atoms with Crippen molar-refractivity contribution in [1.82, 2.24) is 0 Å². The number of hydrogen-bond acceptors (Lipinski definition) is 0. The monoisotopic (exact) mass is 312 g/mol. The molecule has 0 saturated carbocycles. The fourth-order valence-electron chi connectivity index (χ4n) is 1.35. The van der Waals surface area contributed by atoms with E-state index in [2.05, 4.69) is 62.4 Å². The fourth-order valence-corrected chi connectivity index (χ4v) is 3.68. The summed E-state index contributed by atoms with van der Waals surface area (Å²) in [5.41, 5.74) is 2.69. The molecular formula is C14H14Te+. The minimum absolute atomic E-state index is 0.183. The first-order valence-electron chi connectivity index (χ1n) is 5.05. The molecule has 2 rings (SSSR count). The van der Waals surface area contributed by atoms with Crippen molar-refractivity contribution in [3.63, 3.8) is 0 Å². The van der Waals surface area contributed by atoms with Crippen LogP contribution in [0.1, 0.15) is 11.1 Å². The molecule has 1 radical (unpaired) electrons. The van der Waals surface area contributed by atoms with Gasteiger partial charge in [0.1, 0.15) is 0 Å². The van der Waals surface area contributed by atoms with Crippen LogP contribution in [0.25, 0.3) is 0 Å². The minimum atomic E-state index is -0.183. The third-order valence-electron chi connectivity index (χ3n) is 2.28. The molecule has 0 bridgehead atoms. The molecule has 0 spiro atoms. The maximum atomic E-state index is 2.26. The Bertz CT molecular complexity index is 382. The van der Waals surface area contributed by atoms with Crippen LogP contribution >= 0.6 is 0 Å². The van der Waals surface area contributed by atoms with Crippen LogP contribution in [0.4, 0.5) is 0 Å². The summed E-state index contributed by atoms with van der Waals surface area (Å²) in [5.74, 6) is 0. The van der Waals surface area contributed by atoms with Crippen molar-refractivity contribution in [2.24, 2.45) is 0 Å². The molecule has 0 N–H and O–H groups in total. The summed E-state index contributed by atoms with van der Waals surface area (Å²) in [6.45, 7) is 4.27. The second-order valence-electron chi connectivity index (χ2n) is 3.73. The number of hydrogen-bond donors (Lipinski definition) is 0. The van der Waals surface area contributed by atoms with Crippen molar-refractivity contribution in [3.05, 3.63) is 59.7 Å². The van der Waals surface area contributed by atoms with E-state index in [9.17, 15) is 0 Å². The van der Waals surface area contributed by atoms with E-state index in [0.717, 1.165) is 0 Å². The second kappa shape index (κ2) is 4.84. The average molecular weight is 310 g/mol. The predicted octanol–water partition coefficient (Wildman–Crippen LogP) is 1.96. The van der Waals surface area contributed by atoms with E-state index in [1.165, 1.54) is 18.3 Å². The Morgan fingerprint density at radius 1 is 0.600 bits per heavy atom. The molecule has 0 amide bonds. The molecule has 0 atom stereocenters. The summed E-state index contributed by atoms with van der Waals surface area (Å²) in [6.07, 6.45) is 0. The Labute approximate surface area is 101 Å². The van der Waals surface area contributed by atoms with E-state index in [-0.39, 0.29) is 20.9 Å². The fraction of sp³-hybridized carbons (Fsp3) is 0.143. The first-order chi connectivity index (χ1) is 7.24. The van der Waals surface area contributed by atoms with E-state index < -0.39 is 0 Å². The molecule has 75 valence electrons. The molecule has 0 unspecified atom stereocenters. The van der Waals surface area contributed by atoms with Gasteiger partial charge in [0.25, 0.3) is 0 Å². The summed E-state index contributed by atoms with van der Waals surface area (Å²) in [7, 11) is 0. The van der Waals surface area contributed by atoms with Crippen molar-refractivity contribution in [3.8, 4) is 0 Å². The van der Waals surface area contributed by atoms with E-state index in [4.69, 9.17) is 0 Å². The van der Waals surface area contributed by atoms with Gasteiger partial charge in [-0.15, -0.1) is 0 Å². The van der Waals surface area contributed by atoms with Crippen LogP contribution in [0.3, 0.4) is 0 Å². The number of rotatable bonds is 2. The normalized spacial score (nSPS) is 10.3. The zero-order chi connectivity index (χ0) is 10.7. The summed E-state index contributed by atoms with van der Waals surface area (Å²) in [5, 5.41) is 0. The third kappa shape index (κ3) is 3.09. The van der Waals surface area contributed by atoms with Gasteiger partial charge in [-0.05, 0) is 0 Å². The molecule has 0 fully saturated rings. The quantitative estimate of drug-likeness (QED) is 0.744. The Hall–Kier alpha value is -0.770. The van der Waals surface area contributed by atoms with Gasteiger partial charge in [0, 0.05) is 0 Å². The molecule has 1 heteroatoms. The Morgan fingerprint density at radius 3 is 1.27 bits per heavy atom. The van der Waals surface area contributed by atoms with Crippen molar-refractivity contribution in [2.75, 3.05) is 0 Å². The first kappa shape index (κ1) is 10.7. The van der Waals surface area contributed by atoms with Gasteiger partial charge < -0.3 is 0 Å². The van der Waals surface area contributed by atoms with E-state index in [0.29, 0.717) is 0 Å². The Balaban J connectivity index is 2.15. The Morgan fingerprint density at radius 2 is 0.933 bits per heavy atom. The van der Waals surface area contributed by atoms with Crippen LogP contribution < -0.4 is 7.22 Å². The summed E-state index contributed by atoms with van der Waals surface area (Å²) in [6, 6.07) is 17.9. The molecule has 2 aromatic rings. The molecule has 15 heavy (non-hydrogen) atoms. The van der Waals surface area contributed by atoms with Crippen LogP contribution in [-0.2, 0) is 0 Å². The van der Waals surface area contributed by atoms with E-state index in [1.54, 1.807) is 0 Å². The molecule has 0 heterocycles. The van der Waals surface area contributed by atoms with Crippen molar-refractivity contribution in [1.29, 1.82) is 0 Å². The van der Waals surface area contributed by atoms with Gasteiger partial charge >= 0.3 is 102 Å². The van der Waals surface area contributed by atoms with E-state index in [1.807, 2.05) is 0 Å². The van der Waals surface area contributed by atoms with Gasteiger partial charge in [0.2, 0.25) is 0 Å². The van der Waals surface area contributed by atoms with Gasteiger partial charge in [-0.3, -0.25) is 0 Å². The van der Waals surface area contributed by atoms with Crippen LogP contribution in [-0.4, -0.2) is 20.9 Å². The summed E-state index contributed by atoms with van der Waals surface area (Å²) in [4.78, 5) is 0. The van der Waals surface area contributed by atoms with Gasteiger partial charge in [0.15, 0.2) is 0 Å². The maximum absolute atomic E-state index is 2.26. The molecule has 0 aromatic heterocycles. The zero-order valence-corrected chi connectivity index (χ0v) is 11.4. The third-order valence-corrected chi connectivity index (χ3v) is 5.18. The number of aryl methyl sites for hydroxylation is 2. The summed E-state index contributed by atoms with van der Waals surface area (Å²) < 4.78 is 3.02. The predicted molar refractivity (Wildman–Crippen MR) is 67.4 cm³/mol. The molecule has 0 aliphatic rings. The molecule has 0 aliphatic heterocycles. The molecule has 0 aliphatic carbocycles. The van der Waals surface area contributed by atoms with Crippen molar-refractivity contribution < 1.29 is 0 Å². The van der Waals surface area contributed by atoms with Crippen LogP contribution in [0.5, 0.6) is 0 Å². The molecule has 2 aromatic carbocycles. The van der Waals surface area contributed by atoms with Crippen LogP contribution in [0, 0.1) is 13.8 Å². The first-order valence-corrected chi connectivity index (χ1v) is 7.38. The molecule has 0 saturated heterocycles.